The Morgan fingerprint density at radius 1 is 0.524 bits per heavy atom. The molecule has 0 unspecified atom stereocenters. The van der Waals surface area contributed by atoms with Crippen LogP contribution in [0, 0.1) is 0 Å². The van der Waals surface area contributed by atoms with E-state index in [-0.39, 0.29) is 5.75 Å². The summed E-state index contributed by atoms with van der Waals surface area (Å²) >= 11 is 0. The van der Waals surface area contributed by atoms with Crippen LogP contribution in [0.15, 0.2) is 127 Å². The lowest BCUT2D eigenvalue weighted by Crippen LogP contribution is -1.93. The van der Waals surface area contributed by atoms with Gasteiger partial charge in [0.2, 0.25) is 0 Å². The van der Waals surface area contributed by atoms with Crippen molar-refractivity contribution in [2.75, 3.05) is 0 Å². The molecule has 0 amide bonds. The molecule has 42 heavy (non-hydrogen) atoms. The zero-order valence-electron chi connectivity index (χ0n) is 22.9. The number of hydrogen-bond acceptors (Lipinski definition) is 2. The fourth-order valence-electron chi connectivity index (χ4n) is 6.26. The van der Waals surface area contributed by atoms with Gasteiger partial charge in [0, 0.05) is 0 Å². The van der Waals surface area contributed by atoms with Gasteiger partial charge in [-0.3, -0.25) is 0 Å². The molecule has 0 N–H and O–H groups in total. The SMILES string of the molecule is [O-]c1ccc(-c2ccc(-c3c4ccccc4c(-c4ccc(-c5nc6c([n-]5)CCC=C6)cc4)c4ccccc34)cc2)cc1. The van der Waals surface area contributed by atoms with Crippen molar-refractivity contribution in [1.29, 1.82) is 0 Å². The molecule has 7 aromatic rings. The number of fused-ring (bicyclic) bond motifs is 3. The molecule has 3 nitrogen and oxygen atoms in total. The third kappa shape index (κ3) is 4.10. The highest BCUT2D eigenvalue weighted by Gasteiger charge is 2.16. The molecule has 0 fully saturated rings. The summed E-state index contributed by atoms with van der Waals surface area (Å²) in [6.45, 7) is 0. The maximum Gasteiger partial charge on any atom is -0.00264 e. The Labute approximate surface area is 244 Å². The van der Waals surface area contributed by atoms with Crippen molar-refractivity contribution >= 4 is 27.6 Å². The molecular weight excluding hydrogens is 512 g/mol. The number of imidazole rings is 1. The second-order valence-corrected chi connectivity index (χ2v) is 10.8. The summed E-state index contributed by atoms with van der Waals surface area (Å²) < 4.78 is 0. The van der Waals surface area contributed by atoms with Gasteiger partial charge in [-0.2, -0.15) is 0 Å². The van der Waals surface area contributed by atoms with E-state index in [4.69, 9.17) is 9.97 Å². The molecule has 1 aliphatic rings. The van der Waals surface area contributed by atoms with Gasteiger partial charge in [-0.25, -0.2) is 0 Å². The highest BCUT2D eigenvalue weighted by molar-refractivity contribution is 6.21. The smallest absolute Gasteiger partial charge is 0.00264 e. The van der Waals surface area contributed by atoms with Crippen LogP contribution in [0.5, 0.6) is 5.75 Å². The summed E-state index contributed by atoms with van der Waals surface area (Å²) in [5.41, 5.74) is 10.1. The summed E-state index contributed by atoms with van der Waals surface area (Å²) in [6, 6.07) is 41.8. The van der Waals surface area contributed by atoms with Crippen molar-refractivity contribution in [2.45, 2.75) is 12.8 Å². The van der Waals surface area contributed by atoms with Crippen molar-refractivity contribution in [2.24, 2.45) is 0 Å². The third-order valence-corrected chi connectivity index (χ3v) is 8.31. The van der Waals surface area contributed by atoms with Crippen molar-refractivity contribution in [3.63, 3.8) is 0 Å². The number of hydrogen-bond donors (Lipinski definition) is 0. The lowest BCUT2D eigenvalue weighted by atomic mass is 9.85. The predicted octanol–water partition coefficient (Wildman–Crippen LogP) is 9.05. The molecule has 1 heterocycles. The van der Waals surface area contributed by atoms with Gasteiger partial charge in [0.25, 0.3) is 0 Å². The van der Waals surface area contributed by atoms with Gasteiger partial charge >= 0.3 is 0 Å². The van der Waals surface area contributed by atoms with Crippen LogP contribution in [0.2, 0.25) is 0 Å². The first kappa shape index (κ1) is 24.4. The Morgan fingerprint density at radius 3 is 1.48 bits per heavy atom. The van der Waals surface area contributed by atoms with Crippen LogP contribution < -0.4 is 10.1 Å². The van der Waals surface area contributed by atoms with E-state index in [9.17, 15) is 5.11 Å². The van der Waals surface area contributed by atoms with Crippen molar-refractivity contribution in [3.05, 3.63) is 139 Å². The molecule has 0 radical (unpaired) electrons. The fourth-order valence-corrected chi connectivity index (χ4v) is 6.26. The molecule has 8 rings (SSSR count). The molecular formula is C39H26N2O-2. The van der Waals surface area contributed by atoms with Gasteiger partial charge in [-0.05, 0) is 79.0 Å². The van der Waals surface area contributed by atoms with E-state index in [0.29, 0.717) is 0 Å². The minimum Gasteiger partial charge on any atom is -0.872 e. The van der Waals surface area contributed by atoms with E-state index >= 15 is 0 Å². The van der Waals surface area contributed by atoms with Crippen molar-refractivity contribution in [1.82, 2.24) is 9.97 Å². The first-order chi connectivity index (χ1) is 20.7. The molecule has 3 heteroatoms. The molecule has 0 saturated carbocycles. The van der Waals surface area contributed by atoms with E-state index in [1.807, 2.05) is 12.1 Å². The molecule has 1 aromatic heterocycles. The Morgan fingerprint density at radius 2 is 0.976 bits per heavy atom. The van der Waals surface area contributed by atoms with E-state index in [1.54, 1.807) is 12.1 Å². The Hall–Kier alpha value is -5.41. The lowest BCUT2D eigenvalue weighted by molar-refractivity contribution is -0.268. The lowest BCUT2D eigenvalue weighted by Gasteiger charge is -2.18. The topological polar surface area (TPSA) is 50.1 Å². The van der Waals surface area contributed by atoms with Gasteiger partial charge in [-0.1, -0.05) is 145 Å². The first-order valence-electron chi connectivity index (χ1n) is 14.4. The molecule has 0 spiro atoms. The molecule has 0 saturated heterocycles. The maximum atomic E-state index is 11.6. The Kier molecular flexibility index (Phi) is 5.75. The standard InChI is InChI=1S/C39H27N2O/c42-30-23-21-26(22-24-30)25-13-15-27(16-14-25)37-31-7-1-3-9-33(31)38(34-10-4-2-8-32(34)37)28-17-19-29(20-18-28)39-40-35-11-5-6-12-36(35)41-39/h1-5,7-11,13-24H,6,12H2,(H-,40,41,42)/q-1/p-1. The average molecular weight is 539 g/mol. The fraction of sp³-hybridized carbons (Fsp3) is 0.0513. The first-order valence-corrected chi connectivity index (χ1v) is 14.4. The zero-order valence-corrected chi connectivity index (χ0v) is 22.9. The second-order valence-electron chi connectivity index (χ2n) is 10.8. The largest absolute Gasteiger partial charge is 0.872 e. The summed E-state index contributed by atoms with van der Waals surface area (Å²) in [4.78, 5) is 9.61. The molecule has 0 aliphatic heterocycles. The molecule has 200 valence electrons. The summed E-state index contributed by atoms with van der Waals surface area (Å²) in [5.74, 6) is 0.828. The number of benzene rings is 6. The van der Waals surface area contributed by atoms with Crippen LogP contribution in [-0.2, 0) is 6.42 Å². The maximum absolute atomic E-state index is 11.6. The number of nitrogens with zero attached hydrogens (tertiary/aromatic N) is 2. The van der Waals surface area contributed by atoms with Gasteiger partial charge in [0.05, 0.1) is 0 Å². The highest BCUT2D eigenvalue weighted by Crippen LogP contribution is 2.44. The highest BCUT2D eigenvalue weighted by atomic mass is 16.3. The van der Waals surface area contributed by atoms with Crippen molar-refractivity contribution in [3.8, 4) is 50.5 Å². The van der Waals surface area contributed by atoms with Crippen LogP contribution in [0.25, 0.3) is 72.4 Å². The number of aromatic nitrogens is 2. The summed E-state index contributed by atoms with van der Waals surface area (Å²) in [6.07, 6.45) is 6.24. The monoisotopic (exact) mass is 538 g/mol. The molecule has 6 aromatic carbocycles. The van der Waals surface area contributed by atoms with Crippen LogP contribution in [0.1, 0.15) is 17.8 Å². The van der Waals surface area contributed by atoms with Gasteiger partial charge in [0.15, 0.2) is 0 Å². The number of rotatable bonds is 4. The van der Waals surface area contributed by atoms with Crippen LogP contribution in [0.4, 0.5) is 0 Å². The second kappa shape index (κ2) is 9.90. The molecule has 0 bridgehead atoms. The molecule has 1 aliphatic carbocycles. The van der Waals surface area contributed by atoms with E-state index in [2.05, 4.69) is 109 Å². The molecule has 0 atom stereocenters. The van der Waals surface area contributed by atoms with Crippen molar-refractivity contribution < 1.29 is 5.11 Å². The normalized spacial score (nSPS) is 12.6. The Balaban J connectivity index is 1.26. The van der Waals surface area contributed by atoms with Gasteiger partial charge < -0.3 is 15.1 Å². The predicted molar refractivity (Wildman–Crippen MR) is 171 cm³/mol. The van der Waals surface area contributed by atoms with Crippen LogP contribution in [0.3, 0.4) is 0 Å². The van der Waals surface area contributed by atoms with Crippen LogP contribution in [-0.4, -0.2) is 4.98 Å². The van der Waals surface area contributed by atoms with Gasteiger partial charge in [-0.15, -0.1) is 5.75 Å². The number of aryl methyl sites for hydroxylation is 1. The summed E-state index contributed by atoms with van der Waals surface area (Å²) in [5, 5.41) is 16.5. The van der Waals surface area contributed by atoms with Gasteiger partial charge in [0.1, 0.15) is 0 Å². The average Bonchev–Trinajstić information content (AvgIpc) is 3.49. The van der Waals surface area contributed by atoms with E-state index < -0.39 is 0 Å². The van der Waals surface area contributed by atoms with Crippen LogP contribution >= 0.6 is 0 Å². The summed E-state index contributed by atoms with van der Waals surface area (Å²) in [7, 11) is 0. The minimum absolute atomic E-state index is 0.0264. The Bertz CT molecular complexity index is 2060. The third-order valence-electron chi connectivity index (χ3n) is 8.31. The quantitative estimate of drug-likeness (QED) is 0.210. The van der Waals surface area contributed by atoms with E-state index in [1.165, 1.54) is 43.8 Å². The minimum atomic E-state index is 0.0264. The van der Waals surface area contributed by atoms with E-state index in [0.717, 1.165) is 46.7 Å². The zero-order chi connectivity index (χ0) is 28.0. The number of allylic oxidation sites excluding steroid dienone is 1.